The van der Waals surface area contributed by atoms with Crippen molar-refractivity contribution in [3.63, 3.8) is 0 Å². The van der Waals surface area contributed by atoms with Gasteiger partial charge in [-0.2, -0.15) is 0 Å². The average molecular weight is 210 g/mol. The van der Waals surface area contributed by atoms with E-state index < -0.39 is 0 Å². The number of nitrogens with two attached hydrogens (primary N) is 1. The summed E-state index contributed by atoms with van der Waals surface area (Å²) in [6.45, 7) is 4.00. The summed E-state index contributed by atoms with van der Waals surface area (Å²) in [5.41, 5.74) is 5.64. The fourth-order valence-electron chi connectivity index (χ4n) is 1.24. The van der Waals surface area contributed by atoms with Crippen LogP contribution < -0.4 is 11.3 Å². The van der Waals surface area contributed by atoms with Crippen LogP contribution in [0.15, 0.2) is 23.1 Å². The van der Waals surface area contributed by atoms with Crippen LogP contribution in [0.5, 0.6) is 0 Å². The number of ether oxygens (including phenoxy) is 1. The third-order valence-electron chi connectivity index (χ3n) is 2.17. The predicted molar refractivity (Wildman–Crippen MR) is 60.8 cm³/mol. The van der Waals surface area contributed by atoms with Crippen molar-refractivity contribution >= 4 is 5.69 Å². The van der Waals surface area contributed by atoms with Gasteiger partial charge in [-0.15, -0.1) is 0 Å². The minimum atomic E-state index is -0.142. The molecule has 84 valence electrons. The van der Waals surface area contributed by atoms with Crippen molar-refractivity contribution in [2.75, 3.05) is 18.9 Å². The number of nitrogens with zero attached hydrogens (tertiary/aromatic N) is 1. The molecule has 2 N–H and O–H groups in total. The van der Waals surface area contributed by atoms with E-state index in [1.807, 2.05) is 0 Å². The Balaban J connectivity index is 2.38. The van der Waals surface area contributed by atoms with Gasteiger partial charge in [0, 0.05) is 19.3 Å². The molecular weight excluding hydrogens is 192 g/mol. The van der Waals surface area contributed by atoms with Gasteiger partial charge in [0.05, 0.1) is 12.3 Å². The predicted octanol–water partition coefficient (Wildman–Crippen LogP) is 1.25. The SMILES string of the molecule is CCCCOCCn1cccc(N)c1=O. The number of pyridine rings is 1. The summed E-state index contributed by atoms with van der Waals surface area (Å²) >= 11 is 0. The van der Waals surface area contributed by atoms with Crippen LogP contribution in [0.25, 0.3) is 0 Å². The van der Waals surface area contributed by atoms with Crippen LogP contribution in [-0.2, 0) is 11.3 Å². The monoisotopic (exact) mass is 210 g/mol. The molecule has 4 heteroatoms. The standard InChI is InChI=1S/C11H18N2O2/c1-2-3-8-15-9-7-13-6-4-5-10(12)11(13)14/h4-6H,2-3,7-9,12H2,1H3. The topological polar surface area (TPSA) is 57.2 Å². The summed E-state index contributed by atoms with van der Waals surface area (Å²) in [7, 11) is 0. The molecule has 1 aromatic rings. The molecule has 0 saturated carbocycles. The fourth-order valence-corrected chi connectivity index (χ4v) is 1.24. The number of hydrogen-bond acceptors (Lipinski definition) is 3. The summed E-state index contributed by atoms with van der Waals surface area (Å²) in [4.78, 5) is 11.5. The number of hydrogen-bond donors (Lipinski definition) is 1. The number of nitrogen functional groups attached to an aromatic ring is 1. The van der Waals surface area contributed by atoms with Gasteiger partial charge in [0.1, 0.15) is 0 Å². The average Bonchev–Trinajstić information content (AvgIpc) is 2.24. The van der Waals surface area contributed by atoms with Crippen molar-refractivity contribution in [3.05, 3.63) is 28.7 Å². The Labute approximate surface area is 89.7 Å². The Morgan fingerprint density at radius 1 is 1.47 bits per heavy atom. The maximum absolute atomic E-state index is 11.5. The largest absolute Gasteiger partial charge is 0.394 e. The van der Waals surface area contributed by atoms with E-state index in [1.54, 1.807) is 22.9 Å². The minimum absolute atomic E-state index is 0.142. The molecular formula is C11H18N2O2. The van der Waals surface area contributed by atoms with Gasteiger partial charge in [-0.1, -0.05) is 13.3 Å². The van der Waals surface area contributed by atoms with E-state index in [2.05, 4.69) is 6.92 Å². The summed E-state index contributed by atoms with van der Waals surface area (Å²) in [6.07, 6.45) is 3.91. The molecule has 0 aliphatic carbocycles. The van der Waals surface area contributed by atoms with Crippen LogP contribution in [0.3, 0.4) is 0 Å². The molecule has 0 spiro atoms. The molecule has 0 unspecified atom stereocenters. The Kier molecular flexibility index (Phi) is 4.90. The van der Waals surface area contributed by atoms with E-state index in [9.17, 15) is 4.79 Å². The van der Waals surface area contributed by atoms with Gasteiger partial charge < -0.3 is 15.0 Å². The fraction of sp³-hybridized carbons (Fsp3) is 0.545. The molecule has 0 atom stereocenters. The van der Waals surface area contributed by atoms with Gasteiger partial charge in [-0.25, -0.2) is 0 Å². The first kappa shape index (κ1) is 11.8. The van der Waals surface area contributed by atoms with Crippen LogP contribution in [0.4, 0.5) is 5.69 Å². The summed E-state index contributed by atoms with van der Waals surface area (Å²) < 4.78 is 6.94. The zero-order chi connectivity index (χ0) is 11.1. The van der Waals surface area contributed by atoms with Gasteiger partial charge in [0.2, 0.25) is 0 Å². The van der Waals surface area contributed by atoms with E-state index in [4.69, 9.17) is 10.5 Å². The molecule has 1 heterocycles. The maximum Gasteiger partial charge on any atom is 0.273 e. The highest BCUT2D eigenvalue weighted by atomic mass is 16.5. The normalized spacial score (nSPS) is 10.5. The van der Waals surface area contributed by atoms with Crippen molar-refractivity contribution < 1.29 is 4.74 Å². The highest BCUT2D eigenvalue weighted by Gasteiger charge is 1.98. The lowest BCUT2D eigenvalue weighted by Gasteiger charge is -2.06. The smallest absolute Gasteiger partial charge is 0.273 e. The van der Waals surface area contributed by atoms with Crippen molar-refractivity contribution in [2.45, 2.75) is 26.3 Å². The Bertz CT molecular complexity index is 347. The number of rotatable bonds is 6. The lowest BCUT2D eigenvalue weighted by molar-refractivity contribution is 0.123. The quantitative estimate of drug-likeness (QED) is 0.719. The lowest BCUT2D eigenvalue weighted by Crippen LogP contribution is -2.23. The molecule has 0 saturated heterocycles. The molecule has 0 fully saturated rings. The Morgan fingerprint density at radius 2 is 2.27 bits per heavy atom. The molecule has 1 aromatic heterocycles. The Morgan fingerprint density at radius 3 is 3.00 bits per heavy atom. The second kappa shape index (κ2) is 6.24. The molecule has 4 nitrogen and oxygen atoms in total. The number of aromatic nitrogens is 1. The van der Waals surface area contributed by atoms with Gasteiger partial charge in [0.25, 0.3) is 5.56 Å². The highest BCUT2D eigenvalue weighted by molar-refractivity contribution is 5.33. The van der Waals surface area contributed by atoms with E-state index in [0.29, 0.717) is 13.2 Å². The number of unbranched alkanes of at least 4 members (excludes halogenated alkanes) is 1. The van der Waals surface area contributed by atoms with Crippen LogP contribution >= 0.6 is 0 Å². The molecule has 1 rings (SSSR count). The summed E-state index contributed by atoms with van der Waals surface area (Å²) in [6, 6.07) is 3.37. The Hall–Kier alpha value is -1.29. The summed E-state index contributed by atoms with van der Waals surface area (Å²) in [5, 5.41) is 0. The third kappa shape index (κ3) is 3.75. The van der Waals surface area contributed by atoms with Gasteiger partial charge in [-0.3, -0.25) is 4.79 Å². The molecule has 15 heavy (non-hydrogen) atoms. The van der Waals surface area contributed by atoms with Crippen molar-refractivity contribution in [2.24, 2.45) is 0 Å². The van der Waals surface area contributed by atoms with E-state index >= 15 is 0 Å². The second-order valence-corrected chi connectivity index (χ2v) is 3.43. The molecule has 0 bridgehead atoms. The van der Waals surface area contributed by atoms with Gasteiger partial charge >= 0.3 is 0 Å². The van der Waals surface area contributed by atoms with Crippen LogP contribution in [0, 0.1) is 0 Å². The number of anilines is 1. The second-order valence-electron chi connectivity index (χ2n) is 3.43. The maximum atomic E-state index is 11.5. The zero-order valence-corrected chi connectivity index (χ0v) is 9.11. The van der Waals surface area contributed by atoms with Crippen LogP contribution in [-0.4, -0.2) is 17.8 Å². The van der Waals surface area contributed by atoms with Crippen molar-refractivity contribution in [1.29, 1.82) is 0 Å². The third-order valence-corrected chi connectivity index (χ3v) is 2.17. The van der Waals surface area contributed by atoms with Crippen molar-refractivity contribution in [1.82, 2.24) is 4.57 Å². The summed E-state index contributed by atoms with van der Waals surface area (Å²) in [5.74, 6) is 0. The highest BCUT2D eigenvalue weighted by Crippen LogP contribution is 1.93. The van der Waals surface area contributed by atoms with E-state index in [-0.39, 0.29) is 11.2 Å². The molecule has 0 aliphatic heterocycles. The molecule has 0 aromatic carbocycles. The molecule has 0 amide bonds. The van der Waals surface area contributed by atoms with E-state index in [1.165, 1.54) is 0 Å². The first-order chi connectivity index (χ1) is 7.25. The van der Waals surface area contributed by atoms with Crippen molar-refractivity contribution in [3.8, 4) is 0 Å². The van der Waals surface area contributed by atoms with Gasteiger partial charge in [-0.05, 0) is 18.6 Å². The van der Waals surface area contributed by atoms with Gasteiger partial charge in [0.15, 0.2) is 0 Å². The van der Waals surface area contributed by atoms with Crippen LogP contribution in [0.2, 0.25) is 0 Å². The minimum Gasteiger partial charge on any atom is -0.394 e. The first-order valence-corrected chi connectivity index (χ1v) is 5.28. The van der Waals surface area contributed by atoms with Crippen LogP contribution in [0.1, 0.15) is 19.8 Å². The molecule has 0 radical (unpaired) electrons. The van der Waals surface area contributed by atoms with E-state index in [0.717, 1.165) is 19.4 Å². The first-order valence-electron chi connectivity index (χ1n) is 5.28. The molecule has 0 aliphatic rings. The lowest BCUT2D eigenvalue weighted by atomic mass is 10.4. The zero-order valence-electron chi connectivity index (χ0n) is 9.11.